The Kier molecular flexibility index (Phi) is 6.31. The molecule has 32 heavy (non-hydrogen) atoms. The van der Waals surface area contributed by atoms with E-state index in [-0.39, 0.29) is 24.9 Å². The average molecular weight is 564 g/mol. The fraction of sp³-hybridized carbons (Fsp3) is 0.700. The van der Waals surface area contributed by atoms with Crippen molar-refractivity contribution in [3.63, 3.8) is 0 Å². The highest BCUT2D eigenvalue weighted by molar-refractivity contribution is 14.1. The van der Waals surface area contributed by atoms with Crippen LogP contribution >= 0.6 is 22.9 Å². The second-order valence-corrected chi connectivity index (χ2v) is 9.26. The van der Waals surface area contributed by atoms with Gasteiger partial charge in [0.15, 0.2) is 24.1 Å². The lowest BCUT2D eigenvalue weighted by Crippen LogP contribution is -2.49. The van der Waals surface area contributed by atoms with Gasteiger partial charge in [-0.05, 0) is 13.8 Å². The molecule has 2 unspecified atom stereocenters. The van der Waals surface area contributed by atoms with E-state index in [2.05, 4.69) is 8.69 Å². The van der Waals surface area contributed by atoms with Crippen LogP contribution < -0.4 is 3.53 Å². The number of morpholine rings is 1. The molecule has 0 aromatic rings. The zero-order valence-corrected chi connectivity index (χ0v) is 20.0. The Morgan fingerprint density at radius 3 is 2.66 bits per heavy atom. The summed E-state index contributed by atoms with van der Waals surface area (Å²) >= 11 is 2.01. The van der Waals surface area contributed by atoms with E-state index in [1.54, 1.807) is 0 Å². The van der Waals surface area contributed by atoms with Gasteiger partial charge in [-0.3, -0.25) is 8.43 Å². The average Bonchev–Trinajstić information content (AvgIpc) is 3.48. The van der Waals surface area contributed by atoms with Crippen molar-refractivity contribution in [2.24, 2.45) is 11.1 Å². The van der Waals surface area contributed by atoms with Crippen LogP contribution in [-0.4, -0.2) is 91.8 Å². The molecule has 0 aromatic heterocycles. The van der Waals surface area contributed by atoms with Crippen molar-refractivity contribution in [2.75, 3.05) is 39.5 Å². The summed E-state index contributed by atoms with van der Waals surface area (Å²) in [5.41, 5.74) is 1.00. The number of nitrogens with one attached hydrogen (secondary N) is 1. The second-order valence-electron chi connectivity index (χ2n) is 8.49. The molecular weight excluding hydrogens is 538 g/mol. The molecule has 5 rings (SSSR count). The lowest BCUT2D eigenvalue weighted by atomic mass is 9.87. The van der Waals surface area contributed by atoms with Gasteiger partial charge in [0, 0.05) is 48.1 Å². The van der Waals surface area contributed by atoms with Gasteiger partial charge in [-0.15, -0.1) is 0 Å². The molecule has 1 N–H and O–H groups in total. The Morgan fingerprint density at radius 1 is 1.25 bits per heavy atom. The largest absolute Gasteiger partial charge is 0.447 e. The van der Waals surface area contributed by atoms with Crippen LogP contribution in [0.5, 0.6) is 0 Å². The van der Waals surface area contributed by atoms with Gasteiger partial charge in [0.2, 0.25) is 0 Å². The summed E-state index contributed by atoms with van der Waals surface area (Å²) in [7, 11) is 0. The molecule has 3 fully saturated rings. The number of halogens is 2. The van der Waals surface area contributed by atoms with Crippen molar-refractivity contribution < 1.29 is 33.0 Å². The summed E-state index contributed by atoms with van der Waals surface area (Å²) in [4.78, 5) is 21.4. The molecule has 10 nitrogen and oxygen atoms in total. The van der Waals surface area contributed by atoms with Gasteiger partial charge in [0.25, 0.3) is 0 Å². The molecule has 1 aliphatic carbocycles. The number of carbonyl (C=O) groups is 1. The molecule has 4 aliphatic heterocycles. The standard InChI is InChI=1S/C20H26FIN4O6/c1-10-7-25(8-11(2)31-10)16-13(19-28-3-4-29-19)5-14-17(15(16)21)32-24-18(14)26-12(6-23-22)9-30-20(26)27/h5,10-12,14,17,19,23H,3-4,6-9H2,1-2H3/t10-,11-,12+,14?,17?/m1/s1. The number of rotatable bonds is 4. The third kappa shape index (κ3) is 3.89. The summed E-state index contributed by atoms with van der Waals surface area (Å²) in [6.45, 7) is 6.58. The van der Waals surface area contributed by atoms with E-state index in [4.69, 9.17) is 23.8 Å². The number of fused-ring (bicyclic) bond motifs is 1. The first kappa shape index (κ1) is 22.3. The van der Waals surface area contributed by atoms with E-state index in [0.717, 1.165) is 0 Å². The van der Waals surface area contributed by atoms with E-state index in [0.29, 0.717) is 50.0 Å². The first-order valence-corrected chi connectivity index (χ1v) is 11.8. The monoisotopic (exact) mass is 564 g/mol. The fourth-order valence-electron chi connectivity index (χ4n) is 4.89. The fourth-order valence-corrected chi connectivity index (χ4v) is 5.40. The number of cyclic esters (lactones) is 1. The number of carbonyl (C=O) groups excluding carboxylic acids is 1. The molecule has 1 amide bonds. The van der Waals surface area contributed by atoms with Crippen LogP contribution in [0.3, 0.4) is 0 Å². The predicted octanol–water partition coefficient (Wildman–Crippen LogP) is 1.68. The lowest BCUT2D eigenvalue weighted by Gasteiger charge is -2.41. The SMILES string of the molecule is C[C@@H]1CN(C2=C(F)C3ON=C(N4C(=O)OC[C@@H]4CNI)C3C=C2C2OCCO2)C[C@@H](C)O1. The van der Waals surface area contributed by atoms with Crippen LogP contribution in [0.1, 0.15) is 13.8 Å². The van der Waals surface area contributed by atoms with Crippen LogP contribution in [0.4, 0.5) is 9.18 Å². The van der Waals surface area contributed by atoms with Gasteiger partial charge in [-0.1, -0.05) is 11.2 Å². The predicted molar refractivity (Wildman–Crippen MR) is 118 cm³/mol. The van der Waals surface area contributed by atoms with Gasteiger partial charge < -0.3 is 28.7 Å². The Bertz CT molecular complexity index is 853. The van der Waals surface area contributed by atoms with Crippen LogP contribution in [0.25, 0.3) is 0 Å². The molecule has 5 atom stereocenters. The van der Waals surface area contributed by atoms with Gasteiger partial charge in [-0.25, -0.2) is 9.18 Å². The molecular formula is C20H26FIN4O6. The van der Waals surface area contributed by atoms with Gasteiger partial charge >= 0.3 is 6.09 Å². The van der Waals surface area contributed by atoms with Gasteiger partial charge in [0.1, 0.15) is 6.61 Å². The van der Waals surface area contributed by atoms with Crippen molar-refractivity contribution in [1.82, 2.24) is 13.3 Å². The first-order chi connectivity index (χ1) is 15.5. The Balaban J connectivity index is 1.50. The van der Waals surface area contributed by atoms with Crippen LogP contribution in [0.2, 0.25) is 0 Å². The summed E-state index contributed by atoms with van der Waals surface area (Å²) in [6.07, 6.45) is -0.402. The van der Waals surface area contributed by atoms with Crippen molar-refractivity contribution >= 4 is 34.8 Å². The first-order valence-electron chi connectivity index (χ1n) is 10.8. The normalized spacial score (nSPS) is 35.6. The molecule has 0 spiro atoms. The topological polar surface area (TPSA) is 94.1 Å². The highest BCUT2D eigenvalue weighted by atomic mass is 127. The second kappa shape index (κ2) is 9.05. The number of ether oxygens (including phenoxy) is 4. The van der Waals surface area contributed by atoms with E-state index < -0.39 is 30.2 Å². The number of amides is 1. The smallest absolute Gasteiger partial charge is 0.415 e. The summed E-state index contributed by atoms with van der Waals surface area (Å²) in [5, 5.41) is 4.13. The van der Waals surface area contributed by atoms with Crippen molar-refractivity contribution in [3.05, 3.63) is 23.2 Å². The number of amidine groups is 1. The maximum atomic E-state index is 16.0. The number of oxime groups is 1. The third-order valence-electron chi connectivity index (χ3n) is 6.12. The molecule has 12 heteroatoms. The van der Waals surface area contributed by atoms with Crippen LogP contribution in [0.15, 0.2) is 28.3 Å². The Morgan fingerprint density at radius 2 is 1.97 bits per heavy atom. The molecule has 176 valence electrons. The Hall–Kier alpha value is -1.48. The van der Waals surface area contributed by atoms with E-state index in [1.165, 1.54) is 4.90 Å². The zero-order valence-electron chi connectivity index (χ0n) is 17.8. The van der Waals surface area contributed by atoms with Crippen molar-refractivity contribution in [1.29, 1.82) is 0 Å². The highest BCUT2D eigenvalue weighted by Crippen LogP contribution is 2.42. The summed E-state index contributed by atoms with van der Waals surface area (Å²) in [6, 6.07) is -0.259. The minimum absolute atomic E-state index is 0.0550. The van der Waals surface area contributed by atoms with E-state index >= 15 is 4.39 Å². The molecule has 0 aromatic carbocycles. The van der Waals surface area contributed by atoms with Gasteiger partial charge in [0.05, 0.1) is 43.1 Å². The number of nitrogens with zero attached hydrogens (tertiary/aromatic N) is 3. The third-order valence-corrected chi connectivity index (χ3v) is 6.57. The van der Waals surface area contributed by atoms with Crippen LogP contribution in [0, 0.1) is 5.92 Å². The van der Waals surface area contributed by atoms with Crippen LogP contribution in [-0.2, 0) is 23.8 Å². The molecule has 5 aliphatic rings. The highest BCUT2D eigenvalue weighted by Gasteiger charge is 2.50. The summed E-state index contributed by atoms with van der Waals surface area (Å²) < 4.78 is 41.6. The molecule has 3 saturated heterocycles. The van der Waals surface area contributed by atoms with Gasteiger partial charge in [-0.2, -0.15) is 0 Å². The number of hydrogen-bond acceptors (Lipinski definition) is 9. The Labute approximate surface area is 199 Å². The molecule has 0 saturated carbocycles. The van der Waals surface area contributed by atoms with Crippen molar-refractivity contribution in [3.8, 4) is 0 Å². The van der Waals surface area contributed by atoms with E-state index in [9.17, 15) is 4.79 Å². The minimum Gasteiger partial charge on any atom is -0.447 e. The molecule has 0 bridgehead atoms. The lowest BCUT2D eigenvalue weighted by molar-refractivity contribution is -0.0635. The summed E-state index contributed by atoms with van der Waals surface area (Å²) in [5.74, 6) is -0.704. The maximum absolute atomic E-state index is 16.0. The maximum Gasteiger partial charge on any atom is 0.415 e. The minimum atomic E-state index is -0.958. The molecule has 0 radical (unpaired) electrons. The quantitative estimate of drug-likeness (QED) is 0.408. The van der Waals surface area contributed by atoms with E-state index in [1.807, 2.05) is 47.7 Å². The van der Waals surface area contributed by atoms with Crippen molar-refractivity contribution in [2.45, 2.75) is 44.5 Å². The molecule has 4 heterocycles. The number of hydrogen-bond donors (Lipinski definition) is 1. The zero-order chi connectivity index (χ0) is 22.4.